The Bertz CT molecular complexity index is 630. The lowest BCUT2D eigenvalue weighted by Crippen LogP contribution is -2.43. The third kappa shape index (κ3) is 4.14. The summed E-state index contributed by atoms with van der Waals surface area (Å²) in [6.45, 7) is 1.34. The molecule has 0 aliphatic rings. The molecule has 0 aliphatic heterocycles. The van der Waals surface area contributed by atoms with E-state index in [1.54, 1.807) is 0 Å². The Kier molecular flexibility index (Phi) is 4.82. The normalized spacial score (nSPS) is 13.2. The molecule has 1 rings (SSSR count). The highest BCUT2D eigenvalue weighted by molar-refractivity contribution is 5.89. The summed E-state index contributed by atoms with van der Waals surface area (Å²) in [6.07, 6.45) is -1.25. The summed E-state index contributed by atoms with van der Waals surface area (Å²) in [4.78, 5) is 44.4. The van der Waals surface area contributed by atoms with E-state index in [1.807, 2.05) is 0 Å². The standard InChI is InChI=1S/C12H12O9/c1-6-10(7(13)2-3-20-6)21-9(16)5-12(19,11(17)18)4-8(14)15/h2-3,19H,4-5H2,1H3,(H,14,15)(H,17,18). The summed E-state index contributed by atoms with van der Waals surface area (Å²) in [5, 5.41) is 27.0. The van der Waals surface area contributed by atoms with Gasteiger partial charge in [-0.15, -0.1) is 0 Å². The second-order valence-corrected chi connectivity index (χ2v) is 4.23. The van der Waals surface area contributed by atoms with E-state index < -0.39 is 47.5 Å². The molecule has 1 aromatic rings. The Morgan fingerprint density at radius 2 is 1.90 bits per heavy atom. The number of aryl methyl sites for hydroxylation is 1. The summed E-state index contributed by atoms with van der Waals surface area (Å²) < 4.78 is 9.47. The van der Waals surface area contributed by atoms with Crippen molar-refractivity contribution in [1.82, 2.24) is 0 Å². The van der Waals surface area contributed by atoms with Crippen molar-refractivity contribution in [2.75, 3.05) is 0 Å². The molecule has 0 radical (unpaired) electrons. The van der Waals surface area contributed by atoms with Crippen molar-refractivity contribution in [3.8, 4) is 5.75 Å². The molecule has 0 bridgehead atoms. The maximum atomic E-state index is 11.6. The highest BCUT2D eigenvalue weighted by Gasteiger charge is 2.41. The van der Waals surface area contributed by atoms with Crippen LogP contribution in [0.2, 0.25) is 0 Å². The number of carboxylic acid groups (broad SMARTS) is 2. The molecule has 1 unspecified atom stereocenters. The monoisotopic (exact) mass is 300 g/mol. The van der Waals surface area contributed by atoms with Crippen molar-refractivity contribution in [2.45, 2.75) is 25.4 Å². The molecular formula is C12H12O9. The summed E-state index contributed by atoms with van der Waals surface area (Å²) >= 11 is 0. The van der Waals surface area contributed by atoms with E-state index in [0.29, 0.717) is 0 Å². The second kappa shape index (κ2) is 6.18. The van der Waals surface area contributed by atoms with Crippen LogP contribution in [0.4, 0.5) is 0 Å². The fraction of sp³-hybridized carbons (Fsp3) is 0.333. The largest absolute Gasteiger partial charge is 0.481 e. The summed E-state index contributed by atoms with van der Waals surface area (Å²) in [5.41, 5.74) is -3.50. The van der Waals surface area contributed by atoms with Crippen LogP contribution in [0, 0.1) is 6.92 Å². The third-order valence-electron chi connectivity index (χ3n) is 2.50. The third-order valence-corrected chi connectivity index (χ3v) is 2.50. The summed E-state index contributed by atoms with van der Waals surface area (Å²) in [6, 6.07) is 0.982. The van der Waals surface area contributed by atoms with E-state index in [9.17, 15) is 24.3 Å². The van der Waals surface area contributed by atoms with Crippen molar-refractivity contribution in [3.63, 3.8) is 0 Å². The van der Waals surface area contributed by atoms with Gasteiger partial charge in [-0.3, -0.25) is 14.4 Å². The average Bonchev–Trinajstić information content (AvgIpc) is 2.32. The summed E-state index contributed by atoms with van der Waals surface area (Å²) in [5.74, 6) is -5.25. The van der Waals surface area contributed by atoms with Gasteiger partial charge in [0.15, 0.2) is 5.60 Å². The smallest absolute Gasteiger partial charge is 0.336 e. The van der Waals surface area contributed by atoms with Gasteiger partial charge in [0, 0.05) is 6.07 Å². The fourth-order valence-corrected chi connectivity index (χ4v) is 1.48. The van der Waals surface area contributed by atoms with Crippen LogP contribution in [0.15, 0.2) is 21.5 Å². The Hall–Kier alpha value is -2.68. The maximum Gasteiger partial charge on any atom is 0.336 e. The zero-order valence-electron chi connectivity index (χ0n) is 10.9. The van der Waals surface area contributed by atoms with Crippen LogP contribution < -0.4 is 10.2 Å². The molecular weight excluding hydrogens is 288 g/mol. The van der Waals surface area contributed by atoms with Gasteiger partial charge >= 0.3 is 17.9 Å². The van der Waals surface area contributed by atoms with Crippen molar-refractivity contribution in [2.24, 2.45) is 0 Å². The van der Waals surface area contributed by atoms with E-state index in [2.05, 4.69) is 4.74 Å². The van der Waals surface area contributed by atoms with Crippen LogP contribution in [-0.4, -0.2) is 38.8 Å². The first-order valence-corrected chi connectivity index (χ1v) is 5.62. The highest BCUT2D eigenvalue weighted by Crippen LogP contribution is 2.19. The molecule has 21 heavy (non-hydrogen) atoms. The number of hydrogen-bond donors (Lipinski definition) is 3. The van der Waals surface area contributed by atoms with Gasteiger partial charge in [-0.1, -0.05) is 0 Å². The van der Waals surface area contributed by atoms with Crippen LogP contribution >= 0.6 is 0 Å². The van der Waals surface area contributed by atoms with Crippen molar-refractivity contribution >= 4 is 17.9 Å². The van der Waals surface area contributed by atoms with Crippen LogP contribution in [0.5, 0.6) is 5.75 Å². The van der Waals surface area contributed by atoms with Crippen LogP contribution in [0.1, 0.15) is 18.6 Å². The van der Waals surface area contributed by atoms with Crippen molar-refractivity contribution in [3.05, 3.63) is 28.3 Å². The average molecular weight is 300 g/mol. The first-order chi connectivity index (χ1) is 9.65. The molecule has 1 aromatic heterocycles. The minimum absolute atomic E-state index is 0.0204. The second-order valence-electron chi connectivity index (χ2n) is 4.23. The highest BCUT2D eigenvalue weighted by atomic mass is 16.5. The molecule has 0 aromatic carbocycles. The van der Waals surface area contributed by atoms with Crippen molar-refractivity contribution in [1.29, 1.82) is 0 Å². The number of carboxylic acids is 2. The minimum Gasteiger partial charge on any atom is -0.481 e. The number of esters is 1. The predicted octanol–water partition coefficient (Wildman–Crippen LogP) is -0.466. The number of ether oxygens (including phenoxy) is 1. The predicted molar refractivity (Wildman–Crippen MR) is 64.8 cm³/mol. The number of carbonyl (C=O) groups excluding carboxylic acids is 1. The van der Waals surface area contributed by atoms with Crippen LogP contribution in [0.25, 0.3) is 0 Å². The Balaban J connectivity index is 2.92. The molecule has 114 valence electrons. The molecule has 0 saturated heterocycles. The zero-order chi connectivity index (χ0) is 16.2. The van der Waals surface area contributed by atoms with Crippen LogP contribution in [0.3, 0.4) is 0 Å². The molecule has 0 aliphatic carbocycles. The molecule has 9 nitrogen and oxygen atoms in total. The lowest BCUT2D eigenvalue weighted by atomic mass is 9.96. The topological polar surface area (TPSA) is 151 Å². The van der Waals surface area contributed by atoms with Gasteiger partial charge in [-0.05, 0) is 6.92 Å². The number of aliphatic hydroxyl groups is 1. The molecule has 1 atom stereocenters. The molecule has 3 N–H and O–H groups in total. The number of aliphatic carboxylic acids is 2. The van der Waals surface area contributed by atoms with Crippen molar-refractivity contribution < 1.29 is 38.9 Å². The Labute approximate surface area is 117 Å². The molecule has 1 heterocycles. The van der Waals surface area contributed by atoms with Gasteiger partial charge < -0.3 is 24.5 Å². The summed E-state index contributed by atoms with van der Waals surface area (Å²) in [7, 11) is 0. The van der Waals surface area contributed by atoms with Gasteiger partial charge in [0.25, 0.3) is 0 Å². The van der Waals surface area contributed by atoms with Gasteiger partial charge in [-0.25, -0.2) is 4.79 Å². The first kappa shape index (κ1) is 16.4. The molecule has 9 heteroatoms. The lowest BCUT2D eigenvalue weighted by molar-refractivity contribution is -0.169. The van der Waals surface area contributed by atoms with E-state index in [4.69, 9.17) is 14.6 Å². The lowest BCUT2D eigenvalue weighted by Gasteiger charge is -2.20. The number of hydrogen-bond acceptors (Lipinski definition) is 7. The van der Waals surface area contributed by atoms with E-state index in [0.717, 1.165) is 12.3 Å². The molecule has 0 saturated carbocycles. The fourth-order valence-electron chi connectivity index (χ4n) is 1.48. The SMILES string of the molecule is Cc1occc(=O)c1OC(=O)CC(O)(CC(=O)O)C(=O)O. The molecule has 0 spiro atoms. The van der Waals surface area contributed by atoms with E-state index >= 15 is 0 Å². The van der Waals surface area contributed by atoms with Gasteiger partial charge in [0.1, 0.15) is 5.76 Å². The van der Waals surface area contributed by atoms with Gasteiger partial charge in [0.2, 0.25) is 11.2 Å². The zero-order valence-corrected chi connectivity index (χ0v) is 10.9. The Morgan fingerprint density at radius 1 is 1.29 bits per heavy atom. The van der Waals surface area contributed by atoms with E-state index in [1.165, 1.54) is 6.92 Å². The first-order valence-electron chi connectivity index (χ1n) is 5.62. The quantitative estimate of drug-likeness (QED) is 0.592. The van der Waals surface area contributed by atoms with Gasteiger partial charge in [0.05, 0.1) is 19.1 Å². The maximum absolute atomic E-state index is 11.6. The molecule has 0 amide bonds. The number of carbonyl (C=O) groups is 3. The van der Waals surface area contributed by atoms with Crippen LogP contribution in [-0.2, 0) is 14.4 Å². The van der Waals surface area contributed by atoms with E-state index in [-0.39, 0.29) is 5.76 Å². The minimum atomic E-state index is -2.83. The number of rotatable bonds is 6. The van der Waals surface area contributed by atoms with Gasteiger partial charge in [-0.2, -0.15) is 0 Å². The Morgan fingerprint density at radius 3 is 2.38 bits per heavy atom. The molecule has 0 fully saturated rings.